The first kappa shape index (κ1) is 16.0. The van der Waals surface area contributed by atoms with Crippen molar-refractivity contribution < 1.29 is 4.74 Å². The summed E-state index contributed by atoms with van der Waals surface area (Å²) in [5, 5.41) is 3.54. The Labute approximate surface area is 114 Å². The van der Waals surface area contributed by atoms with E-state index in [2.05, 4.69) is 26.2 Å². The van der Waals surface area contributed by atoms with Gasteiger partial charge in [0.15, 0.2) is 0 Å². The first-order valence-electron chi connectivity index (χ1n) is 8.10. The van der Waals surface area contributed by atoms with Crippen LogP contribution in [0.15, 0.2) is 0 Å². The fraction of sp³-hybridized carbons (Fsp3) is 1.00. The fourth-order valence-electron chi connectivity index (χ4n) is 3.48. The number of ether oxygens (including phenoxy) is 1. The SMILES string of the molecule is CCCCCCCC(NC)C1(OCC)CCCC1. The Morgan fingerprint density at radius 3 is 2.28 bits per heavy atom. The van der Waals surface area contributed by atoms with Crippen LogP contribution in [0.25, 0.3) is 0 Å². The Morgan fingerprint density at radius 2 is 1.72 bits per heavy atom. The second-order valence-electron chi connectivity index (χ2n) is 5.75. The van der Waals surface area contributed by atoms with Crippen molar-refractivity contribution >= 4 is 0 Å². The summed E-state index contributed by atoms with van der Waals surface area (Å²) in [4.78, 5) is 0. The van der Waals surface area contributed by atoms with Gasteiger partial charge < -0.3 is 10.1 Å². The zero-order chi connectivity index (χ0) is 13.3. The van der Waals surface area contributed by atoms with Gasteiger partial charge in [-0.2, -0.15) is 0 Å². The molecule has 18 heavy (non-hydrogen) atoms. The van der Waals surface area contributed by atoms with Crippen LogP contribution in [0.4, 0.5) is 0 Å². The van der Waals surface area contributed by atoms with Crippen LogP contribution in [0.1, 0.15) is 78.1 Å². The lowest BCUT2D eigenvalue weighted by molar-refractivity contribution is -0.0620. The van der Waals surface area contributed by atoms with Crippen molar-refractivity contribution in [2.45, 2.75) is 89.7 Å². The molecule has 0 aromatic heterocycles. The number of nitrogens with one attached hydrogen (secondary N) is 1. The average Bonchev–Trinajstić information content (AvgIpc) is 2.84. The highest BCUT2D eigenvalue weighted by atomic mass is 16.5. The van der Waals surface area contributed by atoms with Crippen LogP contribution in [-0.2, 0) is 4.74 Å². The molecule has 1 atom stereocenters. The molecule has 2 heteroatoms. The first-order chi connectivity index (χ1) is 8.79. The third kappa shape index (κ3) is 4.55. The van der Waals surface area contributed by atoms with Gasteiger partial charge in [0.1, 0.15) is 0 Å². The van der Waals surface area contributed by atoms with Crippen LogP contribution >= 0.6 is 0 Å². The third-order valence-corrected chi connectivity index (χ3v) is 4.46. The van der Waals surface area contributed by atoms with Crippen molar-refractivity contribution in [3.8, 4) is 0 Å². The van der Waals surface area contributed by atoms with E-state index in [0.717, 1.165) is 6.61 Å². The van der Waals surface area contributed by atoms with E-state index in [9.17, 15) is 0 Å². The summed E-state index contributed by atoms with van der Waals surface area (Å²) in [7, 11) is 2.11. The number of likely N-dealkylation sites (N-methyl/N-ethyl adjacent to an activating group) is 1. The van der Waals surface area contributed by atoms with Gasteiger partial charge in [-0.3, -0.25) is 0 Å². The Hall–Kier alpha value is -0.0800. The summed E-state index contributed by atoms with van der Waals surface area (Å²) in [5.74, 6) is 0. The van der Waals surface area contributed by atoms with Crippen molar-refractivity contribution in [1.82, 2.24) is 5.32 Å². The number of rotatable bonds is 10. The molecule has 1 rings (SSSR count). The molecule has 0 amide bonds. The molecule has 0 bridgehead atoms. The fourth-order valence-corrected chi connectivity index (χ4v) is 3.48. The van der Waals surface area contributed by atoms with Crippen molar-refractivity contribution in [2.24, 2.45) is 0 Å². The predicted octanol–water partition coefficient (Wildman–Crippen LogP) is 4.28. The maximum atomic E-state index is 6.16. The summed E-state index contributed by atoms with van der Waals surface area (Å²) in [6, 6.07) is 0.557. The molecule has 0 aliphatic heterocycles. The first-order valence-corrected chi connectivity index (χ1v) is 8.10. The lowest BCUT2D eigenvalue weighted by atomic mass is 9.88. The van der Waals surface area contributed by atoms with Crippen LogP contribution in [0.3, 0.4) is 0 Å². The molecule has 0 spiro atoms. The third-order valence-electron chi connectivity index (χ3n) is 4.46. The Kier molecular flexibility index (Phi) is 7.92. The minimum Gasteiger partial charge on any atom is -0.374 e. The van der Waals surface area contributed by atoms with Gasteiger partial charge in [0.2, 0.25) is 0 Å². The highest BCUT2D eigenvalue weighted by molar-refractivity contribution is 4.96. The van der Waals surface area contributed by atoms with Gasteiger partial charge in [0, 0.05) is 12.6 Å². The summed E-state index contributed by atoms with van der Waals surface area (Å²) in [6.45, 7) is 5.26. The molecule has 1 aliphatic rings. The van der Waals surface area contributed by atoms with Gasteiger partial charge in [-0.15, -0.1) is 0 Å². The van der Waals surface area contributed by atoms with E-state index in [1.807, 2.05) is 0 Å². The molecule has 1 N–H and O–H groups in total. The van der Waals surface area contributed by atoms with Crippen LogP contribution < -0.4 is 5.32 Å². The predicted molar refractivity (Wildman–Crippen MR) is 79.0 cm³/mol. The van der Waals surface area contributed by atoms with E-state index in [1.54, 1.807) is 0 Å². The summed E-state index contributed by atoms with van der Waals surface area (Å²) < 4.78 is 6.16. The average molecular weight is 255 g/mol. The van der Waals surface area contributed by atoms with Crippen molar-refractivity contribution in [3.05, 3.63) is 0 Å². The monoisotopic (exact) mass is 255 g/mol. The van der Waals surface area contributed by atoms with Gasteiger partial charge in [-0.05, 0) is 33.2 Å². The number of unbranched alkanes of at least 4 members (excludes halogenated alkanes) is 4. The summed E-state index contributed by atoms with van der Waals surface area (Å²) >= 11 is 0. The maximum Gasteiger partial charge on any atom is 0.0834 e. The second kappa shape index (κ2) is 8.92. The lowest BCUT2D eigenvalue weighted by Gasteiger charge is -2.37. The van der Waals surface area contributed by atoms with Crippen LogP contribution in [-0.4, -0.2) is 25.3 Å². The van der Waals surface area contributed by atoms with E-state index in [4.69, 9.17) is 4.74 Å². The zero-order valence-electron chi connectivity index (χ0n) is 12.8. The molecule has 2 nitrogen and oxygen atoms in total. The zero-order valence-corrected chi connectivity index (χ0v) is 12.8. The van der Waals surface area contributed by atoms with Crippen LogP contribution in [0, 0.1) is 0 Å². The Bertz CT molecular complexity index is 199. The van der Waals surface area contributed by atoms with E-state index in [1.165, 1.54) is 64.2 Å². The maximum absolute atomic E-state index is 6.16. The van der Waals surface area contributed by atoms with Crippen molar-refractivity contribution in [1.29, 1.82) is 0 Å². The van der Waals surface area contributed by atoms with Gasteiger partial charge in [0.05, 0.1) is 5.60 Å². The molecular weight excluding hydrogens is 222 g/mol. The molecular formula is C16H33NO. The topological polar surface area (TPSA) is 21.3 Å². The molecule has 0 heterocycles. The van der Waals surface area contributed by atoms with Crippen molar-refractivity contribution in [3.63, 3.8) is 0 Å². The van der Waals surface area contributed by atoms with Crippen LogP contribution in [0.2, 0.25) is 0 Å². The summed E-state index contributed by atoms with van der Waals surface area (Å²) in [6.07, 6.45) is 13.3. The lowest BCUT2D eigenvalue weighted by Crippen LogP contribution is -2.49. The molecule has 1 aliphatic carbocycles. The van der Waals surface area contributed by atoms with Gasteiger partial charge in [-0.25, -0.2) is 0 Å². The van der Waals surface area contributed by atoms with Gasteiger partial charge in [-0.1, -0.05) is 51.9 Å². The van der Waals surface area contributed by atoms with Gasteiger partial charge >= 0.3 is 0 Å². The molecule has 1 unspecified atom stereocenters. The van der Waals surface area contributed by atoms with E-state index in [-0.39, 0.29) is 5.60 Å². The smallest absolute Gasteiger partial charge is 0.0834 e. The normalized spacial score (nSPS) is 20.2. The quantitative estimate of drug-likeness (QED) is 0.588. The van der Waals surface area contributed by atoms with E-state index in [0.29, 0.717) is 6.04 Å². The van der Waals surface area contributed by atoms with Gasteiger partial charge in [0.25, 0.3) is 0 Å². The standard InChI is InChI=1S/C16H33NO/c1-4-6-7-8-9-12-15(17-3)16(18-5-2)13-10-11-14-16/h15,17H,4-14H2,1-3H3. The van der Waals surface area contributed by atoms with Crippen LogP contribution in [0.5, 0.6) is 0 Å². The highest BCUT2D eigenvalue weighted by Gasteiger charge is 2.40. The van der Waals surface area contributed by atoms with Crippen molar-refractivity contribution in [2.75, 3.05) is 13.7 Å². The molecule has 0 saturated heterocycles. The second-order valence-corrected chi connectivity index (χ2v) is 5.75. The summed E-state index contributed by atoms with van der Waals surface area (Å²) in [5.41, 5.74) is 0.147. The molecule has 0 radical (unpaired) electrons. The minimum absolute atomic E-state index is 0.147. The molecule has 108 valence electrons. The minimum atomic E-state index is 0.147. The molecule has 1 saturated carbocycles. The molecule has 0 aromatic rings. The van der Waals surface area contributed by atoms with E-state index >= 15 is 0 Å². The Balaban J connectivity index is 2.37. The number of hydrogen-bond donors (Lipinski definition) is 1. The highest BCUT2D eigenvalue weighted by Crippen LogP contribution is 2.37. The molecule has 1 fully saturated rings. The largest absolute Gasteiger partial charge is 0.374 e. The number of hydrogen-bond acceptors (Lipinski definition) is 2. The van der Waals surface area contributed by atoms with E-state index < -0.39 is 0 Å². The molecule has 0 aromatic carbocycles. The Morgan fingerprint density at radius 1 is 1.06 bits per heavy atom.